The van der Waals surface area contributed by atoms with Crippen LogP contribution in [-0.4, -0.2) is 8.07 Å². The van der Waals surface area contributed by atoms with Crippen LogP contribution in [0.4, 0.5) is 0 Å². The Hall–Kier alpha value is -2.22. The fraction of sp³-hybridized carbons (Fsp3) is 0.385. The lowest BCUT2D eigenvalue weighted by atomic mass is 10.00. The summed E-state index contributed by atoms with van der Waals surface area (Å²) in [5.41, 5.74) is 9.69. The van der Waals surface area contributed by atoms with E-state index in [9.17, 15) is 0 Å². The normalized spacial score (nSPS) is 13.3. The second-order valence-electron chi connectivity index (χ2n) is 8.63. The Morgan fingerprint density at radius 2 is 1.59 bits per heavy atom. The predicted octanol–water partition coefficient (Wildman–Crippen LogP) is 6.54. The van der Waals surface area contributed by atoms with Crippen molar-refractivity contribution in [3.8, 4) is 23.3 Å². The second-order valence-corrected chi connectivity index (χ2v) is 13.4. The summed E-state index contributed by atoms with van der Waals surface area (Å²) >= 11 is 0. The number of benzene rings is 2. The Bertz CT molecular complexity index is 901. The van der Waals surface area contributed by atoms with Crippen LogP contribution in [0, 0.1) is 23.3 Å². The van der Waals surface area contributed by atoms with Crippen LogP contribution in [-0.2, 0) is 6.42 Å². The van der Waals surface area contributed by atoms with Gasteiger partial charge in [-0.1, -0.05) is 62.9 Å². The molecule has 2 aromatic carbocycles. The van der Waals surface area contributed by atoms with Crippen molar-refractivity contribution in [3.05, 3.63) is 70.3 Å². The summed E-state index contributed by atoms with van der Waals surface area (Å²) in [7, 11) is -1.34. The predicted molar refractivity (Wildman–Crippen MR) is 120 cm³/mol. The molecule has 1 aliphatic rings. The Morgan fingerprint density at radius 3 is 2.22 bits per heavy atom. The maximum Gasteiger partial charge on any atom is 0.129 e. The van der Waals surface area contributed by atoms with E-state index >= 15 is 0 Å². The molecule has 0 radical (unpaired) electrons. The van der Waals surface area contributed by atoms with Crippen LogP contribution in [0.2, 0.25) is 19.6 Å². The molecule has 1 saturated carbocycles. The van der Waals surface area contributed by atoms with Crippen molar-refractivity contribution in [2.75, 3.05) is 0 Å². The van der Waals surface area contributed by atoms with Gasteiger partial charge in [0.25, 0.3) is 0 Å². The minimum atomic E-state index is -1.34. The van der Waals surface area contributed by atoms with Gasteiger partial charge in [0.05, 0.1) is 0 Å². The van der Waals surface area contributed by atoms with E-state index in [0.717, 1.165) is 17.5 Å². The van der Waals surface area contributed by atoms with Crippen molar-refractivity contribution < 1.29 is 0 Å². The van der Waals surface area contributed by atoms with E-state index in [1.807, 2.05) is 0 Å². The first-order valence-corrected chi connectivity index (χ1v) is 13.7. The van der Waals surface area contributed by atoms with Crippen molar-refractivity contribution in [1.82, 2.24) is 0 Å². The highest BCUT2D eigenvalue weighted by molar-refractivity contribution is 6.83. The minimum absolute atomic E-state index is 0.680. The summed E-state index contributed by atoms with van der Waals surface area (Å²) in [6, 6.07) is 15.3. The average molecular weight is 371 g/mol. The van der Waals surface area contributed by atoms with Gasteiger partial charge in [0.2, 0.25) is 0 Å². The van der Waals surface area contributed by atoms with Crippen molar-refractivity contribution in [2.45, 2.75) is 64.6 Å². The highest BCUT2D eigenvalue weighted by Crippen LogP contribution is 2.41. The zero-order valence-electron chi connectivity index (χ0n) is 17.2. The van der Waals surface area contributed by atoms with Crippen molar-refractivity contribution in [2.24, 2.45) is 0 Å². The van der Waals surface area contributed by atoms with E-state index in [4.69, 9.17) is 0 Å². The quantitative estimate of drug-likeness (QED) is 0.424. The molecule has 0 aromatic heterocycles. The zero-order valence-corrected chi connectivity index (χ0v) is 18.2. The zero-order chi connectivity index (χ0) is 19.3. The Labute approximate surface area is 166 Å². The third-order valence-electron chi connectivity index (χ3n) is 4.77. The molecule has 0 nitrogen and oxygen atoms in total. The molecule has 0 atom stereocenters. The lowest BCUT2D eigenvalue weighted by molar-refractivity contribution is 0.795. The molecule has 0 heterocycles. The van der Waals surface area contributed by atoms with Gasteiger partial charge in [-0.2, -0.15) is 0 Å². The first-order chi connectivity index (χ1) is 12.9. The van der Waals surface area contributed by atoms with E-state index in [1.165, 1.54) is 42.4 Å². The van der Waals surface area contributed by atoms with Gasteiger partial charge >= 0.3 is 0 Å². The summed E-state index contributed by atoms with van der Waals surface area (Å²) in [6.07, 6.45) is 6.22. The number of hydrogen-bond donors (Lipinski definition) is 0. The van der Waals surface area contributed by atoms with Crippen LogP contribution < -0.4 is 0 Å². The van der Waals surface area contributed by atoms with Gasteiger partial charge in [0.15, 0.2) is 0 Å². The molecule has 0 aliphatic heterocycles. The summed E-state index contributed by atoms with van der Waals surface area (Å²) in [4.78, 5) is 0. The molecular formula is C26H30Si. The lowest BCUT2D eigenvalue weighted by Gasteiger charge is -2.06. The fourth-order valence-electron chi connectivity index (χ4n) is 3.02. The van der Waals surface area contributed by atoms with Gasteiger partial charge in [0, 0.05) is 16.7 Å². The van der Waals surface area contributed by atoms with Gasteiger partial charge in [-0.25, -0.2) is 0 Å². The van der Waals surface area contributed by atoms with Crippen LogP contribution in [0.1, 0.15) is 66.3 Å². The molecule has 1 fully saturated rings. The molecule has 3 rings (SSSR count). The van der Waals surface area contributed by atoms with Gasteiger partial charge in [-0.15, -0.1) is 5.54 Å². The Morgan fingerprint density at radius 1 is 0.889 bits per heavy atom. The molecule has 2 aromatic rings. The monoisotopic (exact) mass is 370 g/mol. The summed E-state index contributed by atoms with van der Waals surface area (Å²) in [5.74, 6) is 10.9. The average Bonchev–Trinajstić information content (AvgIpc) is 3.48. The van der Waals surface area contributed by atoms with E-state index < -0.39 is 8.07 Å². The lowest BCUT2D eigenvalue weighted by Crippen LogP contribution is -2.16. The van der Waals surface area contributed by atoms with Crippen LogP contribution in [0.3, 0.4) is 0 Å². The number of rotatable bonds is 4. The molecule has 1 heteroatoms. The Balaban J connectivity index is 1.81. The third kappa shape index (κ3) is 6.16. The first-order valence-electron chi connectivity index (χ1n) is 10.2. The van der Waals surface area contributed by atoms with Crippen molar-refractivity contribution >= 4 is 8.07 Å². The second kappa shape index (κ2) is 8.64. The standard InChI is InChI=1S/C26H30Si/c1-5-6-7-21-8-10-22(11-9-21)12-14-24-15-13-23(18-19-27(2,3)4)20-26(24)25-16-17-25/h8-11,13,15,20,25H,5-7,16-17H2,1-4H3. The van der Waals surface area contributed by atoms with Crippen LogP contribution in [0.25, 0.3) is 0 Å². The maximum absolute atomic E-state index is 3.47. The van der Waals surface area contributed by atoms with Crippen LogP contribution in [0.15, 0.2) is 42.5 Å². The summed E-state index contributed by atoms with van der Waals surface area (Å²) in [6.45, 7) is 9.10. The molecular weight excluding hydrogens is 340 g/mol. The van der Waals surface area contributed by atoms with Gasteiger partial charge in [-0.3, -0.25) is 0 Å². The highest BCUT2D eigenvalue weighted by Gasteiger charge is 2.25. The fourth-order valence-corrected chi connectivity index (χ4v) is 3.54. The highest BCUT2D eigenvalue weighted by atomic mass is 28.3. The van der Waals surface area contributed by atoms with Crippen molar-refractivity contribution in [1.29, 1.82) is 0 Å². The van der Waals surface area contributed by atoms with Gasteiger partial charge in [-0.05, 0) is 73.1 Å². The van der Waals surface area contributed by atoms with Gasteiger partial charge < -0.3 is 0 Å². The minimum Gasteiger partial charge on any atom is -0.127 e. The van der Waals surface area contributed by atoms with Crippen LogP contribution in [0.5, 0.6) is 0 Å². The van der Waals surface area contributed by atoms with Crippen molar-refractivity contribution in [3.63, 3.8) is 0 Å². The summed E-state index contributed by atoms with van der Waals surface area (Å²) < 4.78 is 0. The smallest absolute Gasteiger partial charge is 0.127 e. The Kier molecular flexibility index (Phi) is 6.25. The molecule has 27 heavy (non-hydrogen) atoms. The molecule has 0 N–H and O–H groups in total. The number of hydrogen-bond acceptors (Lipinski definition) is 0. The topological polar surface area (TPSA) is 0 Å². The molecule has 0 spiro atoms. The number of unbranched alkanes of at least 4 members (excludes halogenated alkanes) is 1. The van der Waals surface area contributed by atoms with E-state index in [2.05, 4.69) is 92.3 Å². The molecule has 0 bridgehead atoms. The summed E-state index contributed by atoms with van der Waals surface area (Å²) in [5, 5.41) is 0. The largest absolute Gasteiger partial charge is 0.129 e. The van der Waals surface area contributed by atoms with E-state index in [0.29, 0.717) is 5.92 Å². The molecule has 0 unspecified atom stereocenters. The first kappa shape index (κ1) is 19.5. The molecule has 0 saturated heterocycles. The molecule has 138 valence electrons. The van der Waals surface area contributed by atoms with Crippen LogP contribution >= 0.6 is 0 Å². The molecule has 0 amide bonds. The SMILES string of the molecule is CCCCc1ccc(C#Cc2ccc(C#C[Si](C)(C)C)cc2C2CC2)cc1. The third-order valence-corrected chi connectivity index (χ3v) is 5.64. The van der Waals surface area contributed by atoms with Gasteiger partial charge in [0.1, 0.15) is 8.07 Å². The van der Waals surface area contributed by atoms with E-state index in [1.54, 1.807) is 0 Å². The maximum atomic E-state index is 3.47. The number of aryl methyl sites for hydroxylation is 1. The van der Waals surface area contributed by atoms with E-state index in [-0.39, 0.29) is 0 Å². The molecule has 1 aliphatic carbocycles.